The van der Waals surface area contributed by atoms with Crippen LogP contribution >= 0.6 is 0 Å². The van der Waals surface area contributed by atoms with E-state index in [1.54, 1.807) is 49.2 Å². The molecule has 0 saturated heterocycles. The molecule has 3 aromatic rings. The molecule has 30 heavy (non-hydrogen) atoms. The van der Waals surface area contributed by atoms with E-state index < -0.39 is 5.82 Å². The van der Waals surface area contributed by atoms with E-state index in [4.69, 9.17) is 4.74 Å². The third-order valence-electron chi connectivity index (χ3n) is 4.90. The zero-order valence-corrected chi connectivity index (χ0v) is 16.6. The van der Waals surface area contributed by atoms with E-state index in [0.29, 0.717) is 33.8 Å². The maximum absolute atomic E-state index is 14.7. The number of aryl methyl sites for hydroxylation is 1. The van der Waals surface area contributed by atoms with E-state index in [9.17, 15) is 14.4 Å². The van der Waals surface area contributed by atoms with Gasteiger partial charge in [0.15, 0.2) is 0 Å². The lowest BCUT2D eigenvalue weighted by Gasteiger charge is -2.13. The second kappa shape index (κ2) is 7.37. The van der Waals surface area contributed by atoms with Crippen LogP contribution in [-0.4, -0.2) is 22.8 Å². The third kappa shape index (κ3) is 3.16. The van der Waals surface area contributed by atoms with E-state index in [0.717, 1.165) is 5.69 Å². The third-order valence-corrected chi connectivity index (χ3v) is 4.90. The molecule has 2 heterocycles. The van der Waals surface area contributed by atoms with Crippen LogP contribution in [0, 0.1) is 17.1 Å². The van der Waals surface area contributed by atoms with Gasteiger partial charge < -0.3 is 15.4 Å². The van der Waals surface area contributed by atoms with Crippen LogP contribution in [0.25, 0.3) is 16.7 Å². The predicted molar refractivity (Wildman–Crippen MR) is 111 cm³/mol. The Morgan fingerprint density at radius 3 is 2.80 bits per heavy atom. The van der Waals surface area contributed by atoms with Crippen LogP contribution in [0.15, 0.2) is 48.4 Å². The molecular formula is C22H18FN5O2. The molecule has 0 aliphatic carbocycles. The number of allylic oxidation sites excluding steroid dienone is 1. The number of nitrogens with zero attached hydrogens (tertiary/aromatic N) is 3. The van der Waals surface area contributed by atoms with Crippen molar-refractivity contribution in [2.75, 3.05) is 17.7 Å². The molecule has 150 valence electrons. The van der Waals surface area contributed by atoms with Gasteiger partial charge in [0.05, 0.1) is 47.5 Å². The molecule has 2 N–H and O–H groups in total. The highest BCUT2D eigenvalue weighted by atomic mass is 19.1. The van der Waals surface area contributed by atoms with E-state index in [1.807, 2.05) is 0 Å². The van der Waals surface area contributed by atoms with Crippen LogP contribution in [0.1, 0.15) is 18.1 Å². The number of amides is 1. The molecule has 1 aliphatic heterocycles. The first-order chi connectivity index (χ1) is 14.4. The van der Waals surface area contributed by atoms with Crippen molar-refractivity contribution in [2.24, 2.45) is 7.05 Å². The number of carbonyl (C=O) groups excluding carboxylic acids is 1. The van der Waals surface area contributed by atoms with Crippen LogP contribution in [0.4, 0.5) is 15.8 Å². The molecule has 7 nitrogen and oxygen atoms in total. The number of fused-ring (bicyclic) bond motifs is 1. The van der Waals surface area contributed by atoms with Crippen LogP contribution in [0.3, 0.4) is 0 Å². The van der Waals surface area contributed by atoms with Crippen LogP contribution in [0.5, 0.6) is 5.75 Å². The maximum atomic E-state index is 14.7. The number of rotatable bonds is 4. The fourth-order valence-corrected chi connectivity index (χ4v) is 3.59. The number of hydrogen-bond acceptors (Lipinski definition) is 5. The number of ether oxygens (including phenoxy) is 1. The summed E-state index contributed by atoms with van der Waals surface area (Å²) in [6, 6.07) is 9.76. The lowest BCUT2D eigenvalue weighted by Crippen LogP contribution is -2.08. The van der Waals surface area contributed by atoms with Crippen LogP contribution in [-0.2, 0) is 11.8 Å². The number of methoxy groups -OCH3 is 1. The summed E-state index contributed by atoms with van der Waals surface area (Å²) >= 11 is 0. The van der Waals surface area contributed by atoms with Gasteiger partial charge in [-0.05, 0) is 31.2 Å². The Balaban J connectivity index is 1.90. The second-order valence-electron chi connectivity index (χ2n) is 6.85. The summed E-state index contributed by atoms with van der Waals surface area (Å²) < 4.78 is 21.7. The number of carbonyl (C=O) groups is 1. The molecule has 1 aromatic heterocycles. The number of aromatic nitrogens is 2. The van der Waals surface area contributed by atoms with Crippen molar-refractivity contribution < 1.29 is 13.9 Å². The SMILES string of the molecule is COc1cccc(F)c1-c1cc2c(cc1C#N)NC(=O)/C2=C(/C)Nc1cnn(C)c1. The van der Waals surface area contributed by atoms with Gasteiger partial charge in [0.2, 0.25) is 0 Å². The highest BCUT2D eigenvalue weighted by Gasteiger charge is 2.29. The Labute approximate surface area is 172 Å². The van der Waals surface area contributed by atoms with E-state index >= 15 is 0 Å². The van der Waals surface area contributed by atoms with Gasteiger partial charge in [-0.3, -0.25) is 9.48 Å². The van der Waals surface area contributed by atoms with Gasteiger partial charge >= 0.3 is 0 Å². The first-order valence-corrected chi connectivity index (χ1v) is 9.12. The zero-order chi connectivity index (χ0) is 21.4. The van der Waals surface area contributed by atoms with Gasteiger partial charge in [-0.25, -0.2) is 4.39 Å². The molecule has 4 rings (SSSR count). The van der Waals surface area contributed by atoms with Crippen LogP contribution < -0.4 is 15.4 Å². The highest BCUT2D eigenvalue weighted by molar-refractivity contribution is 6.32. The summed E-state index contributed by atoms with van der Waals surface area (Å²) in [5, 5.41) is 19.7. The second-order valence-corrected chi connectivity index (χ2v) is 6.85. The lowest BCUT2D eigenvalue weighted by atomic mass is 9.93. The molecule has 1 amide bonds. The number of nitriles is 1. The fraction of sp³-hybridized carbons (Fsp3) is 0.136. The van der Waals surface area contributed by atoms with Crippen molar-refractivity contribution in [1.29, 1.82) is 5.26 Å². The molecule has 0 saturated carbocycles. The Hall–Kier alpha value is -4.12. The topological polar surface area (TPSA) is 92.0 Å². The van der Waals surface area contributed by atoms with Gasteiger partial charge in [-0.15, -0.1) is 0 Å². The number of benzene rings is 2. The molecule has 0 spiro atoms. The quantitative estimate of drug-likeness (QED) is 0.645. The fourth-order valence-electron chi connectivity index (χ4n) is 3.59. The molecule has 1 aliphatic rings. The number of hydrogen-bond donors (Lipinski definition) is 2. The summed E-state index contributed by atoms with van der Waals surface area (Å²) in [7, 11) is 3.23. The average molecular weight is 403 g/mol. The number of anilines is 2. The van der Waals surface area contributed by atoms with E-state index in [-0.39, 0.29) is 17.0 Å². The average Bonchev–Trinajstić information content (AvgIpc) is 3.27. The highest BCUT2D eigenvalue weighted by Crippen LogP contribution is 2.42. The first kappa shape index (κ1) is 19.2. The molecule has 0 atom stereocenters. The largest absolute Gasteiger partial charge is 0.496 e. The van der Waals surface area contributed by atoms with Crippen molar-refractivity contribution in [3.63, 3.8) is 0 Å². The summed E-state index contributed by atoms with van der Waals surface area (Å²) in [6.45, 7) is 1.78. The summed E-state index contributed by atoms with van der Waals surface area (Å²) in [5.41, 5.74) is 3.59. The van der Waals surface area contributed by atoms with Gasteiger partial charge in [0.1, 0.15) is 11.6 Å². The van der Waals surface area contributed by atoms with Gasteiger partial charge in [-0.1, -0.05) is 6.07 Å². The summed E-state index contributed by atoms with van der Waals surface area (Å²) in [5.74, 6) is -0.515. The van der Waals surface area contributed by atoms with Gasteiger partial charge in [-0.2, -0.15) is 10.4 Å². The minimum absolute atomic E-state index is 0.177. The standard InChI is InChI=1S/C22H18FN5O2/c1-12(26-14-10-25-28(2)11-14)20-16-8-15(13(9-24)7-18(16)27-22(20)29)21-17(23)5-4-6-19(21)30-3/h4-8,10-11,26H,1-3H3,(H,27,29)/b20-12-. The van der Waals surface area contributed by atoms with E-state index in [1.165, 1.54) is 19.2 Å². The Morgan fingerprint density at radius 1 is 1.33 bits per heavy atom. The normalized spacial score (nSPS) is 14.0. The minimum Gasteiger partial charge on any atom is -0.496 e. The van der Waals surface area contributed by atoms with Crippen molar-refractivity contribution in [3.05, 3.63) is 65.4 Å². The van der Waals surface area contributed by atoms with Crippen molar-refractivity contribution in [1.82, 2.24) is 9.78 Å². The molecular weight excluding hydrogens is 385 g/mol. The van der Waals surface area contributed by atoms with Crippen LogP contribution in [0.2, 0.25) is 0 Å². The molecule has 0 radical (unpaired) electrons. The lowest BCUT2D eigenvalue weighted by molar-refractivity contribution is -0.110. The van der Waals surface area contributed by atoms with Crippen molar-refractivity contribution >= 4 is 22.9 Å². The molecule has 2 aromatic carbocycles. The summed E-state index contributed by atoms with van der Waals surface area (Å²) in [6.07, 6.45) is 3.43. The number of halogens is 1. The Bertz CT molecular complexity index is 1250. The zero-order valence-electron chi connectivity index (χ0n) is 16.6. The Kier molecular flexibility index (Phi) is 4.72. The Morgan fingerprint density at radius 2 is 2.13 bits per heavy atom. The van der Waals surface area contributed by atoms with E-state index in [2.05, 4.69) is 21.8 Å². The molecule has 0 fully saturated rings. The van der Waals surface area contributed by atoms with Gasteiger partial charge in [0.25, 0.3) is 5.91 Å². The first-order valence-electron chi connectivity index (χ1n) is 9.12. The monoisotopic (exact) mass is 403 g/mol. The minimum atomic E-state index is -0.515. The maximum Gasteiger partial charge on any atom is 0.258 e. The molecule has 0 bridgehead atoms. The smallest absolute Gasteiger partial charge is 0.258 e. The molecule has 0 unspecified atom stereocenters. The van der Waals surface area contributed by atoms with Gasteiger partial charge in [0, 0.05) is 30.1 Å². The predicted octanol–water partition coefficient (Wildman–Crippen LogP) is 3.90. The molecule has 8 heteroatoms. The summed E-state index contributed by atoms with van der Waals surface area (Å²) in [4.78, 5) is 12.7. The number of nitrogens with one attached hydrogen (secondary N) is 2. The van der Waals surface area contributed by atoms with Crippen molar-refractivity contribution in [3.8, 4) is 22.9 Å². The van der Waals surface area contributed by atoms with Crippen molar-refractivity contribution in [2.45, 2.75) is 6.92 Å².